The molecule has 0 bridgehead atoms. The second-order valence-corrected chi connectivity index (χ2v) is 7.55. The van der Waals surface area contributed by atoms with Crippen LogP contribution in [0.15, 0.2) is 48.5 Å². The molecule has 0 unspecified atom stereocenters. The second-order valence-electron chi connectivity index (χ2n) is 7.14. The first-order valence-corrected chi connectivity index (χ1v) is 9.85. The standard InChI is InChI=1S/C21H21ClF3N3O2/c22-17-10-4-9-16(21(23,24)25)19(17)27-18(29)13-28-11-5-6-14(12-28)20(30)26-15-7-2-1-3-8-15/h1-4,7-10,14H,5-6,11-13H2,(H,26,30)(H,27,29)/t14-/m1/s1. The van der Waals surface area contributed by atoms with Crippen molar-refractivity contribution in [3.63, 3.8) is 0 Å². The van der Waals surface area contributed by atoms with E-state index in [-0.39, 0.29) is 23.4 Å². The normalized spacial score (nSPS) is 17.4. The van der Waals surface area contributed by atoms with Crippen LogP contribution in [0.4, 0.5) is 24.5 Å². The number of anilines is 2. The quantitative estimate of drug-likeness (QED) is 0.713. The third-order valence-corrected chi connectivity index (χ3v) is 5.18. The van der Waals surface area contributed by atoms with Crippen LogP contribution < -0.4 is 10.6 Å². The molecule has 9 heteroatoms. The van der Waals surface area contributed by atoms with Gasteiger partial charge in [0.25, 0.3) is 0 Å². The monoisotopic (exact) mass is 439 g/mol. The molecule has 160 valence electrons. The lowest BCUT2D eigenvalue weighted by atomic mass is 9.97. The van der Waals surface area contributed by atoms with Crippen molar-refractivity contribution >= 4 is 34.8 Å². The Bertz CT molecular complexity index is 906. The molecule has 0 radical (unpaired) electrons. The molecule has 2 aromatic carbocycles. The molecule has 1 aliphatic heterocycles. The Morgan fingerprint density at radius 1 is 1.07 bits per heavy atom. The van der Waals surface area contributed by atoms with Crippen molar-refractivity contribution in [3.05, 3.63) is 59.1 Å². The number of benzene rings is 2. The summed E-state index contributed by atoms with van der Waals surface area (Å²) in [4.78, 5) is 26.7. The topological polar surface area (TPSA) is 61.4 Å². The Kier molecular flexibility index (Phi) is 6.99. The summed E-state index contributed by atoms with van der Waals surface area (Å²) in [5.41, 5.74) is -0.759. The molecular formula is C21H21ClF3N3O2. The van der Waals surface area contributed by atoms with Crippen LogP contribution in [0, 0.1) is 5.92 Å². The van der Waals surface area contributed by atoms with Crippen LogP contribution in [0.5, 0.6) is 0 Å². The highest BCUT2D eigenvalue weighted by atomic mass is 35.5. The van der Waals surface area contributed by atoms with Crippen molar-refractivity contribution in [2.24, 2.45) is 5.92 Å². The van der Waals surface area contributed by atoms with Gasteiger partial charge in [-0.25, -0.2) is 0 Å². The van der Waals surface area contributed by atoms with E-state index in [2.05, 4.69) is 10.6 Å². The van der Waals surface area contributed by atoms with Crippen LogP contribution in [-0.4, -0.2) is 36.3 Å². The van der Waals surface area contributed by atoms with Crippen LogP contribution in [0.3, 0.4) is 0 Å². The summed E-state index contributed by atoms with van der Waals surface area (Å²) >= 11 is 5.88. The number of nitrogens with one attached hydrogen (secondary N) is 2. The van der Waals surface area contributed by atoms with Gasteiger partial charge in [0.05, 0.1) is 28.7 Å². The van der Waals surface area contributed by atoms with Crippen LogP contribution >= 0.6 is 11.6 Å². The minimum Gasteiger partial charge on any atom is -0.326 e. The lowest BCUT2D eigenvalue weighted by molar-refractivity contribution is -0.137. The highest BCUT2D eigenvalue weighted by molar-refractivity contribution is 6.34. The molecule has 0 spiro atoms. The van der Waals surface area contributed by atoms with Gasteiger partial charge in [0.2, 0.25) is 11.8 Å². The van der Waals surface area contributed by atoms with E-state index in [9.17, 15) is 22.8 Å². The summed E-state index contributed by atoms with van der Waals surface area (Å²) in [5.74, 6) is -1.06. The maximum atomic E-state index is 13.2. The van der Waals surface area contributed by atoms with Gasteiger partial charge >= 0.3 is 6.18 Å². The molecule has 1 saturated heterocycles. The van der Waals surface area contributed by atoms with Gasteiger partial charge in [0.1, 0.15) is 0 Å². The predicted octanol–water partition coefficient (Wildman–Crippen LogP) is 4.65. The number of nitrogens with zero attached hydrogens (tertiary/aromatic N) is 1. The fraction of sp³-hybridized carbons (Fsp3) is 0.333. The van der Waals surface area contributed by atoms with Gasteiger partial charge in [-0.2, -0.15) is 13.2 Å². The number of hydrogen-bond acceptors (Lipinski definition) is 3. The van der Waals surface area contributed by atoms with E-state index in [0.717, 1.165) is 6.07 Å². The lowest BCUT2D eigenvalue weighted by Crippen LogP contribution is -2.44. The number of carbonyl (C=O) groups excluding carboxylic acids is 2. The number of amides is 2. The number of hydrogen-bond donors (Lipinski definition) is 2. The minimum absolute atomic E-state index is 0.127. The molecule has 2 amide bonds. The zero-order chi connectivity index (χ0) is 21.7. The van der Waals surface area contributed by atoms with Gasteiger partial charge in [0, 0.05) is 12.2 Å². The summed E-state index contributed by atoms with van der Waals surface area (Å²) in [6.07, 6.45) is -3.25. The van der Waals surface area contributed by atoms with Crippen molar-refractivity contribution in [3.8, 4) is 0 Å². The Balaban J connectivity index is 1.60. The Hall–Kier alpha value is -2.58. The predicted molar refractivity (Wildman–Crippen MR) is 109 cm³/mol. The molecule has 2 N–H and O–H groups in total. The average Bonchev–Trinajstić information content (AvgIpc) is 2.69. The number of carbonyl (C=O) groups is 2. The summed E-state index contributed by atoms with van der Waals surface area (Å²) in [6, 6.07) is 12.4. The van der Waals surface area contributed by atoms with Gasteiger partial charge in [-0.05, 0) is 43.7 Å². The van der Waals surface area contributed by atoms with Gasteiger partial charge in [-0.3, -0.25) is 14.5 Å². The molecule has 0 saturated carbocycles. The Labute approximate surface area is 177 Å². The number of piperidine rings is 1. The Morgan fingerprint density at radius 3 is 2.50 bits per heavy atom. The number of para-hydroxylation sites is 2. The minimum atomic E-state index is -4.64. The summed E-state index contributed by atoms with van der Waals surface area (Å²) in [6.45, 7) is 0.801. The summed E-state index contributed by atoms with van der Waals surface area (Å²) < 4.78 is 39.6. The van der Waals surface area contributed by atoms with E-state index >= 15 is 0 Å². The molecule has 1 atom stereocenters. The van der Waals surface area contributed by atoms with Crippen molar-refractivity contribution < 1.29 is 22.8 Å². The number of halogens is 4. The smallest absolute Gasteiger partial charge is 0.326 e. The fourth-order valence-corrected chi connectivity index (χ4v) is 3.67. The van der Waals surface area contributed by atoms with E-state index < -0.39 is 23.3 Å². The SMILES string of the molecule is O=C(CN1CCC[C@@H](C(=O)Nc2ccccc2)C1)Nc1c(Cl)cccc1C(F)(F)F. The molecule has 1 aliphatic rings. The molecule has 0 aliphatic carbocycles. The zero-order valence-corrected chi connectivity index (χ0v) is 16.8. The highest BCUT2D eigenvalue weighted by Gasteiger charge is 2.35. The van der Waals surface area contributed by atoms with Crippen LogP contribution in [0.2, 0.25) is 5.02 Å². The summed E-state index contributed by atoms with van der Waals surface area (Å²) in [7, 11) is 0. The van der Waals surface area contributed by atoms with Gasteiger partial charge in [-0.15, -0.1) is 0 Å². The average molecular weight is 440 g/mol. The maximum absolute atomic E-state index is 13.2. The molecular weight excluding hydrogens is 419 g/mol. The highest BCUT2D eigenvalue weighted by Crippen LogP contribution is 2.38. The summed E-state index contributed by atoms with van der Waals surface area (Å²) in [5, 5.41) is 4.95. The third-order valence-electron chi connectivity index (χ3n) is 4.87. The number of alkyl halides is 3. The van der Waals surface area contributed by atoms with E-state index in [0.29, 0.717) is 31.6 Å². The second kappa shape index (κ2) is 9.49. The molecule has 2 aromatic rings. The maximum Gasteiger partial charge on any atom is 0.418 e. The van der Waals surface area contributed by atoms with Crippen molar-refractivity contribution in [2.75, 3.05) is 30.3 Å². The molecule has 30 heavy (non-hydrogen) atoms. The van der Waals surface area contributed by atoms with E-state index in [1.807, 2.05) is 18.2 Å². The zero-order valence-electron chi connectivity index (χ0n) is 16.0. The van der Waals surface area contributed by atoms with Crippen LogP contribution in [0.25, 0.3) is 0 Å². The van der Waals surface area contributed by atoms with Crippen molar-refractivity contribution in [1.82, 2.24) is 4.90 Å². The third kappa shape index (κ3) is 5.73. The van der Waals surface area contributed by atoms with Crippen molar-refractivity contribution in [1.29, 1.82) is 0 Å². The lowest BCUT2D eigenvalue weighted by Gasteiger charge is -2.31. The van der Waals surface area contributed by atoms with Crippen LogP contribution in [0.1, 0.15) is 18.4 Å². The first-order chi connectivity index (χ1) is 14.2. The van der Waals surface area contributed by atoms with Gasteiger partial charge in [-0.1, -0.05) is 35.9 Å². The first-order valence-electron chi connectivity index (χ1n) is 9.48. The molecule has 5 nitrogen and oxygen atoms in total. The Morgan fingerprint density at radius 2 is 1.80 bits per heavy atom. The van der Waals surface area contributed by atoms with Gasteiger partial charge in [0.15, 0.2) is 0 Å². The molecule has 1 fully saturated rings. The fourth-order valence-electron chi connectivity index (χ4n) is 3.45. The molecule has 1 heterocycles. The van der Waals surface area contributed by atoms with E-state index in [1.54, 1.807) is 17.0 Å². The van der Waals surface area contributed by atoms with E-state index in [4.69, 9.17) is 11.6 Å². The largest absolute Gasteiger partial charge is 0.418 e. The van der Waals surface area contributed by atoms with Crippen molar-refractivity contribution in [2.45, 2.75) is 19.0 Å². The molecule has 3 rings (SSSR count). The van der Waals surface area contributed by atoms with Gasteiger partial charge < -0.3 is 10.6 Å². The van der Waals surface area contributed by atoms with Crippen LogP contribution in [-0.2, 0) is 15.8 Å². The number of rotatable bonds is 5. The number of likely N-dealkylation sites (tertiary alicyclic amines) is 1. The van der Waals surface area contributed by atoms with E-state index in [1.165, 1.54) is 12.1 Å². The first kappa shape index (κ1) is 22.1. The molecule has 0 aromatic heterocycles.